The lowest BCUT2D eigenvalue weighted by Crippen LogP contribution is -2.48. The maximum Gasteiger partial charge on any atom is 0.408 e. The molecule has 0 aromatic heterocycles. The van der Waals surface area contributed by atoms with Crippen molar-refractivity contribution >= 4 is 11.9 Å². The molecule has 0 saturated heterocycles. The van der Waals surface area contributed by atoms with Gasteiger partial charge in [-0.05, 0) is 33.4 Å². The molecular formula is C19H26N2O3. The van der Waals surface area contributed by atoms with Gasteiger partial charge in [-0.2, -0.15) is 0 Å². The number of hydrogen-bond donors (Lipinski definition) is 1. The van der Waals surface area contributed by atoms with E-state index < -0.39 is 17.7 Å². The van der Waals surface area contributed by atoms with Gasteiger partial charge in [0.25, 0.3) is 0 Å². The standard InChI is InChI=1S/C19H26N2O3/c1-6-10-17(22)16(20-18(23)24-19(2,3)4)14-21(5)13-15-11-8-7-9-12-15/h1,7-9,11-12,16H,10,13-14H2,2-5H3,(H,20,23). The molecule has 1 N–H and O–H groups in total. The van der Waals surface area contributed by atoms with Gasteiger partial charge in [-0.15, -0.1) is 6.42 Å². The van der Waals surface area contributed by atoms with Gasteiger partial charge in [0.1, 0.15) is 11.6 Å². The van der Waals surface area contributed by atoms with Crippen LogP contribution >= 0.6 is 0 Å². The average molecular weight is 330 g/mol. The molecule has 130 valence electrons. The Morgan fingerprint density at radius 1 is 1.29 bits per heavy atom. The maximum absolute atomic E-state index is 12.2. The summed E-state index contributed by atoms with van der Waals surface area (Å²) in [4.78, 5) is 26.1. The molecule has 0 radical (unpaired) electrons. The summed E-state index contributed by atoms with van der Waals surface area (Å²) in [6.07, 6.45) is 4.58. The molecule has 0 aliphatic carbocycles. The van der Waals surface area contributed by atoms with Crippen LogP contribution < -0.4 is 5.32 Å². The Morgan fingerprint density at radius 3 is 2.46 bits per heavy atom. The average Bonchev–Trinajstić information content (AvgIpc) is 2.45. The highest BCUT2D eigenvalue weighted by Crippen LogP contribution is 2.08. The van der Waals surface area contributed by atoms with E-state index in [9.17, 15) is 9.59 Å². The number of alkyl carbamates (subject to hydrolysis) is 1. The van der Waals surface area contributed by atoms with Crippen molar-refractivity contribution in [3.05, 3.63) is 35.9 Å². The fourth-order valence-corrected chi connectivity index (χ4v) is 2.17. The van der Waals surface area contributed by atoms with Crippen LogP contribution in [-0.4, -0.2) is 42.0 Å². The molecule has 1 atom stereocenters. The molecule has 1 aromatic carbocycles. The van der Waals surface area contributed by atoms with Crippen LogP contribution in [0.5, 0.6) is 0 Å². The van der Waals surface area contributed by atoms with E-state index in [1.54, 1.807) is 20.8 Å². The van der Waals surface area contributed by atoms with Crippen LogP contribution in [0, 0.1) is 12.3 Å². The number of nitrogens with one attached hydrogen (secondary N) is 1. The smallest absolute Gasteiger partial charge is 0.408 e. The Balaban J connectivity index is 2.70. The molecule has 1 unspecified atom stereocenters. The SMILES string of the molecule is C#CCC(=O)C(CN(C)Cc1ccccc1)NC(=O)OC(C)(C)C. The molecule has 0 bridgehead atoms. The highest BCUT2D eigenvalue weighted by atomic mass is 16.6. The van der Waals surface area contributed by atoms with Gasteiger partial charge in [0.2, 0.25) is 0 Å². The third-order valence-electron chi connectivity index (χ3n) is 3.15. The summed E-state index contributed by atoms with van der Waals surface area (Å²) in [5, 5.41) is 2.63. The van der Waals surface area contributed by atoms with Crippen molar-refractivity contribution in [2.45, 2.75) is 45.4 Å². The second-order valence-electron chi connectivity index (χ2n) is 6.73. The predicted molar refractivity (Wildman–Crippen MR) is 94.4 cm³/mol. The van der Waals surface area contributed by atoms with Crippen LogP contribution in [0.1, 0.15) is 32.8 Å². The van der Waals surface area contributed by atoms with Crippen LogP contribution in [0.25, 0.3) is 0 Å². The molecule has 0 aliphatic heterocycles. The molecule has 0 heterocycles. The molecule has 0 saturated carbocycles. The predicted octanol–water partition coefficient (Wildman–Crippen LogP) is 2.60. The van der Waals surface area contributed by atoms with E-state index in [0.717, 1.165) is 5.56 Å². The fourth-order valence-electron chi connectivity index (χ4n) is 2.17. The zero-order valence-corrected chi connectivity index (χ0v) is 14.8. The van der Waals surface area contributed by atoms with Gasteiger partial charge in [-0.1, -0.05) is 36.3 Å². The fraction of sp³-hybridized carbons (Fsp3) is 0.474. The normalized spacial score (nSPS) is 12.3. The molecule has 5 heteroatoms. The van der Waals surface area contributed by atoms with Gasteiger partial charge in [0.15, 0.2) is 5.78 Å². The van der Waals surface area contributed by atoms with E-state index >= 15 is 0 Å². The number of terminal acetylenes is 1. The van der Waals surface area contributed by atoms with Gasteiger partial charge in [-0.3, -0.25) is 9.69 Å². The van der Waals surface area contributed by atoms with Gasteiger partial charge >= 0.3 is 6.09 Å². The number of ketones is 1. The third kappa shape index (κ3) is 7.80. The lowest BCUT2D eigenvalue weighted by Gasteiger charge is -2.26. The van der Waals surface area contributed by atoms with Crippen molar-refractivity contribution in [3.8, 4) is 12.3 Å². The molecule has 1 aromatic rings. The Hall–Kier alpha value is -2.32. The Labute approximate surface area is 144 Å². The molecule has 5 nitrogen and oxygen atoms in total. The maximum atomic E-state index is 12.2. The van der Waals surface area contributed by atoms with E-state index in [1.165, 1.54) is 0 Å². The van der Waals surface area contributed by atoms with E-state index in [-0.39, 0.29) is 12.2 Å². The highest BCUT2D eigenvalue weighted by Gasteiger charge is 2.24. The Kier molecular flexibility index (Phi) is 7.47. The van der Waals surface area contributed by atoms with Crippen LogP contribution in [0.15, 0.2) is 30.3 Å². The zero-order valence-electron chi connectivity index (χ0n) is 14.8. The first kappa shape index (κ1) is 19.7. The lowest BCUT2D eigenvalue weighted by molar-refractivity contribution is -0.120. The van der Waals surface area contributed by atoms with E-state index in [2.05, 4.69) is 11.2 Å². The third-order valence-corrected chi connectivity index (χ3v) is 3.15. The first-order valence-electron chi connectivity index (χ1n) is 7.89. The summed E-state index contributed by atoms with van der Waals surface area (Å²) in [6, 6.07) is 9.19. The molecule has 1 amide bonds. The summed E-state index contributed by atoms with van der Waals surface area (Å²) in [6.45, 7) is 6.33. The molecular weight excluding hydrogens is 304 g/mol. The number of nitrogens with zero attached hydrogens (tertiary/aromatic N) is 1. The number of benzene rings is 1. The summed E-state index contributed by atoms with van der Waals surface area (Å²) >= 11 is 0. The number of hydrogen-bond acceptors (Lipinski definition) is 4. The second kappa shape index (κ2) is 9.09. The largest absolute Gasteiger partial charge is 0.444 e. The van der Waals surface area contributed by atoms with Crippen molar-refractivity contribution in [2.24, 2.45) is 0 Å². The summed E-state index contributed by atoms with van der Waals surface area (Å²) in [7, 11) is 1.89. The Bertz CT molecular complexity index is 585. The van der Waals surface area contributed by atoms with Gasteiger partial charge in [0.05, 0.1) is 6.42 Å². The molecule has 1 rings (SSSR count). The van der Waals surface area contributed by atoms with Crippen LogP contribution in [0.2, 0.25) is 0 Å². The molecule has 0 fully saturated rings. The minimum absolute atomic E-state index is 0.0281. The number of Topliss-reactive ketones (excluding diaryl/α,β-unsaturated/α-hetero) is 1. The minimum atomic E-state index is -0.704. The Morgan fingerprint density at radius 2 is 1.92 bits per heavy atom. The van der Waals surface area contributed by atoms with E-state index in [0.29, 0.717) is 13.1 Å². The van der Waals surface area contributed by atoms with Crippen LogP contribution in [-0.2, 0) is 16.1 Å². The topological polar surface area (TPSA) is 58.6 Å². The van der Waals surface area contributed by atoms with E-state index in [1.807, 2.05) is 42.3 Å². The molecule has 0 aliphatic rings. The summed E-state index contributed by atoms with van der Waals surface area (Å²) in [5.41, 5.74) is 0.500. The number of likely N-dealkylation sites (N-methyl/N-ethyl adjacent to an activating group) is 1. The lowest BCUT2D eigenvalue weighted by atomic mass is 10.1. The molecule has 0 spiro atoms. The van der Waals surface area contributed by atoms with Crippen molar-refractivity contribution in [1.82, 2.24) is 10.2 Å². The summed E-state index contributed by atoms with van der Waals surface area (Å²) < 4.78 is 5.22. The number of carbonyl (C=O) groups is 2. The van der Waals surface area contributed by atoms with Crippen LogP contribution in [0.4, 0.5) is 4.79 Å². The monoisotopic (exact) mass is 330 g/mol. The second-order valence-corrected chi connectivity index (χ2v) is 6.73. The summed E-state index contributed by atoms with van der Waals surface area (Å²) in [5.74, 6) is 2.13. The van der Waals surface area contributed by atoms with E-state index in [4.69, 9.17) is 11.2 Å². The molecule has 24 heavy (non-hydrogen) atoms. The van der Waals surface area contributed by atoms with Crippen molar-refractivity contribution in [2.75, 3.05) is 13.6 Å². The first-order chi connectivity index (χ1) is 11.2. The zero-order chi connectivity index (χ0) is 18.2. The quantitative estimate of drug-likeness (QED) is 0.781. The first-order valence-corrected chi connectivity index (χ1v) is 7.89. The van der Waals surface area contributed by atoms with Crippen molar-refractivity contribution in [3.63, 3.8) is 0 Å². The number of amides is 1. The number of carbonyl (C=O) groups excluding carboxylic acids is 2. The minimum Gasteiger partial charge on any atom is -0.444 e. The van der Waals surface area contributed by atoms with Crippen LogP contribution in [0.3, 0.4) is 0 Å². The van der Waals surface area contributed by atoms with Crippen molar-refractivity contribution in [1.29, 1.82) is 0 Å². The van der Waals surface area contributed by atoms with Gasteiger partial charge < -0.3 is 10.1 Å². The number of ether oxygens (including phenoxy) is 1. The van der Waals surface area contributed by atoms with Crippen molar-refractivity contribution < 1.29 is 14.3 Å². The van der Waals surface area contributed by atoms with Gasteiger partial charge in [-0.25, -0.2) is 4.79 Å². The highest BCUT2D eigenvalue weighted by molar-refractivity contribution is 5.89. The number of rotatable bonds is 7. The van der Waals surface area contributed by atoms with Gasteiger partial charge in [0, 0.05) is 13.1 Å².